The van der Waals surface area contributed by atoms with E-state index in [1.165, 1.54) is 18.0 Å². The first-order valence-corrected chi connectivity index (χ1v) is 13.0. The molecule has 0 aliphatic rings. The maximum absolute atomic E-state index is 8.95. The predicted molar refractivity (Wildman–Crippen MR) is 145 cm³/mol. The van der Waals surface area contributed by atoms with Crippen molar-refractivity contribution in [2.75, 3.05) is 13.2 Å². The third-order valence-corrected chi connectivity index (χ3v) is 7.79. The fourth-order valence-corrected chi connectivity index (χ4v) is 5.73. The molecule has 0 aliphatic carbocycles. The highest BCUT2D eigenvalue weighted by atomic mass is 35.5. The summed E-state index contributed by atoms with van der Waals surface area (Å²) < 4.78 is 5.44. The third-order valence-electron chi connectivity index (χ3n) is 4.98. The van der Waals surface area contributed by atoms with E-state index in [4.69, 9.17) is 43.9 Å². The first-order valence-electron chi connectivity index (χ1n) is 10.5. The lowest BCUT2D eigenvalue weighted by Gasteiger charge is -2.15. The van der Waals surface area contributed by atoms with Gasteiger partial charge in [-0.3, -0.25) is 0 Å². The van der Waals surface area contributed by atoms with Gasteiger partial charge in [0, 0.05) is 56.5 Å². The molecule has 35 heavy (non-hydrogen) atoms. The number of nitrogens with zero attached hydrogens (tertiary/aromatic N) is 2. The molecule has 0 unspecified atom stereocenters. The molecule has 0 amide bonds. The van der Waals surface area contributed by atoms with Gasteiger partial charge in [-0.1, -0.05) is 47.5 Å². The van der Waals surface area contributed by atoms with Crippen molar-refractivity contribution in [2.45, 2.75) is 10.8 Å². The predicted octanol–water partition coefficient (Wildman–Crippen LogP) is 6.84. The number of aliphatic hydroxyl groups is 1. The van der Waals surface area contributed by atoms with Gasteiger partial charge in [-0.15, -0.1) is 23.1 Å². The minimum Gasteiger partial charge on any atom is -0.491 e. The number of aliphatic hydroxyl groups excluding tert-OH is 1. The van der Waals surface area contributed by atoms with Gasteiger partial charge in [-0.2, -0.15) is 0 Å². The Balaban J connectivity index is 1.62. The summed E-state index contributed by atoms with van der Waals surface area (Å²) in [6.07, 6.45) is 4.24. The number of hydrogen-bond acceptors (Lipinski definition) is 8. The van der Waals surface area contributed by atoms with Gasteiger partial charge in [0.2, 0.25) is 0 Å². The van der Waals surface area contributed by atoms with Crippen molar-refractivity contribution in [3.05, 3.63) is 80.9 Å². The van der Waals surface area contributed by atoms with Gasteiger partial charge in [0.15, 0.2) is 0 Å². The molecule has 0 fully saturated rings. The number of ether oxygens (including phenoxy) is 1. The van der Waals surface area contributed by atoms with Crippen molar-refractivity contribution in [1.29, 1.82) is 10.8 Å². The summed E-state index contributed by atoms with van der Waals surface area (Å²) in [5, 5.41) is 27.3. The number of thioether (sulfide) groups is 1. The second kappa shape index (κ2) is 11.8. The average Bonchev–Trinajstić information content (AvgIpc) is 3.35. The molecular weight excluding hydrogens is 523 g/mol. The maximum Gasteiger partial charge on any atom is 0.139 e. The van der Waals surface area contributed by atoms with E-state index < -0.39 is 0 Å². The highest BCUT2D eigenvalue weighted by molar-refractivity contribution is 7.98. The Kier molecular flexibility index (Phi) is 8.54. The topological polar surface area (TPSA) is 103 Å². The van der Waals surface area contributed by atoms with E-state index in [9.17, 15) is 0 Å². The van der Waals surface area contributed by atoms with Gasteiger partial charge in [0.25, 0.3) is 0 Å². The van der Waals surface area contributed by atoms with Crippen LogP contribution < -0.4 is 4.74 Å². The van der Waals surface area contributed by atoms with Gasteiger partial charge >= 0.3 is 0 Å². The molecule has 178 valence electrons. The molecule has 0 saturated heterocycles. The summed E-state index contributed by atoms with van der Waals surface area (Å²) in [4.78, 5) is 10.1. The van der Waals surface area contributed by atoms with Crippen molar-refractivity contribution >= 4 is 58.7 Å². The maximum atomic E-state index is 8.95. The van der Waals surface area contributed by atoms with Gasteiger partial charge in [-0.05, 0) is 29.8 Å². The Morgan fingerprint density at radius 1 is 0.971 bits per heavy atom. The van der Waals surface area contributed by atoms with Gasteiger partial charge in [0.05, 0.1) is 6.61 Å². The molecule has 4 aromatic rings. The molecule has 6 nitrogen and oxygen atoms in total. The molecule has 0 spiro atoms. The molecule has 4 rings (SSSR count). The summed E-state index contributed by atoms with van der Waals surface area (Å²) in [5.74, 6) is 1.22. The zero-order chi connectivity index (χ0) is 24.8. The molecule has 3 N–H and O–H groups in total. The standard InChI is InChI=1S/C25H20Cl2N4O2S2/c26-17-5-1-16(2-6-17)24-30-13-19(35-24)14-34-25-21(12-29)22(20(11-28)23(27)31-25)15-3-7-18(8-4-15)33-10-9-32/h1-8,11-13,28-29,32H,9-10,14H2. The lowest BCUT2D eigenvalue weighted by atomic mass is 9.97. The third kappa shape index (κ3) is 5.91. The molecular formula is C25H20Cl2N4O2S2. The second-order valence-electron chi connectivity index (χ2n) is 7.22. The number of aromatic nitrogens is 2. The van der Waals surface area contributed by atoms with Crippen molar-refractivity contribution < 1.29 is 9.84 Å². The highest BCUT2D eigenvalue weighted by Gasteiger charge is 2.19. The quantitative estimate of drug-likeness (QED) is 0.116. The van der Waals surface area contributed by atoms with Crippen LogP contribution in [0.2, 0.25) is 10.2 Å². The molecule has 0 saturated carbocycles. The summed E-state index contributed by atoms with van der Waals surface area (Å²) in [5.41, 5.74) is 3.48. The van der Waals surface area contributed by atoms with E-state index in [2.05, 4.69) is 9.97 Å². The molecule has 0 atom stereocenters. The van der Waals surface area contributed by atoms with Gasteiger partial charge in [-0.25, -0.2) is 9.97 Å². The van der Waals surface area contributed by atoms with Gasteiger partial charge in [0.1, 0.15) is 27.5 Å². The van der Waals surface area contributed by atoms with Crippen molar-refractivity contribution in [3.8, 4) is 27.4 Å². The number of thiazole rings is 1. The van der Waals surface area contributed by atoms with Crippen LogP contribution >= 0.6 is 46.3 Å². The lowest BCUT2D eigenvalue weighted by Crippen LogP contribution is -2.03. The lowest BCUT2D eigenvalue weighted by molar-refractivity contribution is 0.201. The zero-order valence-electron chi connectivity index (χ0n) is 18.3. The Morgan fingerprint density at radius 3 is 2.31 bits per heavy atom. The molecule has 2 aromatic heterocycles. The van der Waals surface area contributed by atoms with Crippen LogP contribution in [-0.2, 0) is 5.75 Å². The fraction of sp³-hybridized carbons (Fsp3) is 0.120. The van der Waals surface area contributed by atoms with Crippen LogP contribution in [-0.4, -0.2) is 40.7 Å². The first kappa shape index (κ1) is 25.3. The monoisotopic (exact) mass is 542 g/mol. The smallest absolute Gasteiger partial charge is 0.139 e. The number of rotatable bonds is 10. The van der Waals surface area contributed by atoms with Crippen LogP contribution in [0.25, 0.3) is 21.7 Å². The van der Waals surface area contributed by atoms with Crippen LogP contribution in [0.3, 0.4) is 0 Å². The van der Waals surface area contributed by atoms with E-state index in [0.29, 0.717) is 38.2 Å². The molecule has 10 heteroatoms. The summed E-state index contributed by atoms with van der Waals surface area (Å²) in [6, 6.07) is 14.8. The normalized spacial score (nSPS) is 10.8. The minimum atomic E-state index is -0.0703. The summed E-state index contributed by atoms with van der Waals surface area (Å²) in [7, 11) is 0. The zero-order valence-corrected chi connectivity index (χ0v) is 21.4. The van der Waals surface area contributed by atoms with E-state index >= 15 is 0 Å². The van der Waals surface area contributed by atoms with E-state index in [0.717, 1.165) is 27.2 Å². The number of nitrogens with one attached hydrogen (secondary N) is 2. The fourth-order valence-electron chi connectivity index (χ4n) is 3.37. The average molecular weight is 544 g/mol. The Hall–Kier alpha value is -2.75. The van der Waals surface area contributed by atoms with E-state index in [-0.39, 0.29) is 18.4 Å². The number of pyridine rings is 1. The van der Waals surface area contributed by atoms with Crippen LogP contribution in [0.5, 0.6) is 5.75 Å². The van der Waals surface area contributed by atoms with Crippen LogP contribution in [0.15, 0.2) is 59.8 Å². The SMILES string of the molecule is N=Cc1c(Cl)nc(SCc2cnc(-c3ccc(Cl)cc3)s2)c(C=N)c1-c1ccc(OCCO)cc1. The van der Waals surface area contributed by atoms with Crippen LogP contribution in [0.4, 0.5) is 0 Å². The minimum absolute atomic E-state index is 0.0703. The number of halogens is 2. The Labute approximate surface area is 221 Å². The Morgan fingerprint density at radius 2 is 1.66 bits per heavy atom. The molecule has 0 aliphatic heterocycles. The number of hydrogen-bond donors (Lipinski definition) is 3. The molecule has 0 radical (unpaired) electrons. The van der Waals surface area contributed by atoms with E-state index in [1.807, 2.05) is 42.6 Å². The largest absolute Gasteiger partial charge is 0.491 e. The summed E-state index contributed by atoms with van der Waals surface area (Å²) in [6.45, 7) is 0.134. The first-order chi connectivity index (χ1) is 17.0. The molecule has 0 bridgehead atoms. The van der Waals surface area contributed by atoms with E-state index in [1.54, 1.807) is 23.5 Å². The van der Waals surface area contributed by atoms with Crippen LogP contribution in [0, 0.1) is 10.8 Å². The number of benzene rings is 2. The van der Waals surface area contributed by atoms with Crippen molar-refractivity contribution in [1.82, 2.24) is 9.97 Å². The highest BCUT2D eigenvalue weighted by Crippen LogP contribution is 2.38. The van der Waals surface area contributed by atoms with Gasteiger partial charge < -0.3 is 20.7 Å². The van der Waals surface area contributed by atoms with Crippen molar-refractivity contribution in [3.63, 3.8) is 0 Å². The summed E-state index contributed by atoms with van der Waals surface area (Å²) >= 11 is 15.5. The molecule has 2 heterocycles. The Bertz CT molecular complexity index is 1340. The second-order valence-corrected chi connectivity index (χ2v) is 10.1. The van der Waals surface area contributed by atoms with Crippen molar-refractivity contribution in [2.24, 2.45) is 0 Å². The molecule has 2 aromatic carbocycles. The van der Waals surface area contributed by atoms with Crippen LogP contribution in [0.1, 0.15) is 16.0 Å².